The molecule has 0 aliphatic rings. The Morgan fingerprint density at radius 1 is 0.542 bits per heavy atom. The zero-order chi connectivity index (χ0) is 54.1. The van der Waals surface area contributed by atoms with Gasteiger partial charge in [-0.2, -0.15) is 0 Å². The molecule has 2 rings (SSSR count). The van der Waals surface area contributed by atoms with Gasteiger partial charge >= 0.3 is 11.9 Å². The van der Waals surface area contributed by atoms with Crippen molar-refractivity contribution in [2.75, 3.05) is 19.6 Å². The van der Waals surface area contributed by atoms with E-state index in [1.807, 2.05) is 0 Å². The number of nitrogens with one attached hydrogen (secondary N) is 8. The molecule has 72 heavy (non-hydrogen) atoms. The highest BCUT2D eigenvalue weighted by Crippen LogP contribution is 2.15. The summed E-state index contributed by atoms with van der Waals surface area (Å²) in [4.78, 5) is 146. The quantitative estimate of drug-likeness (QED) is 0.0194. The molecule has 27 nitrogen and oxygen atoms in total. The number of carbonyl (C=O) groups excluding carboxylic acids is 9. The maximum absolute atomic E-state index is 14.5. The molecule has 18 N–H and O–H groups in total. The predicted octanol–water partition coefficient (Wildman–Crippen LogP) is -4.03. The van der Waals surface area contributed by atoms with Crippen LogP contribution in [0.1, 0.15) is 70.4 Å². The minimum Gasteiger partial charge on any atom is -0.508 e. The zero-order valence-electron chi connectivity index (χ0n) is 39.9. The van der Waals surface area contributed by atoms with E-state index in [1.54, 1.807) is 13.8 Å². The number of aliphatic carboxylic acids is 2. The highest BCUT2D eigenvalue weighted by Gasteiger charge is 2.35. The lowest BCUT2D eigenvalue weighted by atomic mass is 10.0. The van der Waals surface area contributed by atoms with Crippen molar-refractivity contribution in [1.29, 1.82) is 0 Å². The third kappa shape index (κ3) is 23.7. The van der Waals surface area contributed by atoms with E-state index in [2.05, 4.69) is 47.5 Å². The summed E-state index contributed by atoms with van der Waals surface area (Å²) >= 11 is 0. The van der Waals surface area contributed by atoms with Crippen molar-refractivity contribution >= 4 is 71.1 Å². The first-order valence-electron chi connectivity index (χ1n) is 22.5. The molecule has 9 amide bonds. The number of aliphatic imine (C=N–C) groups is 1. The topological polar surface area (TPSA) is 455 Å². The summed E-state index contributed by atoms with van der Waals surface area (Å²) in [6.07, 6.45) is -2.92. The number of carboxylic acids is 2. The van der Waals surface area contributed by atoms with E-state index in [1.165, 1.54) is 48.5 Å². The molecule has 394 valence electrons. The molecule has 0 fully saturated rings. The highest BCUT2D eigenvalue weighted by atomic mass is 16.4. The van der Waals surface area contributed by atoms with Crippen molar-refractivity contribution in [3.63, 3.8) is 0 Å². The third-order valence-corrected chi connectivity index (χ3v) is 10.2. The number of nitrogens with two attached hydrogens (primary N) is 3. The van der Waals surface area contributed by atoms with Crippen molar-refractivity contribution in [3.8, 4) is 11.5 Å². The van der Waals surface area contributed by atoms with Gasteiger partial charge in [0.15, 0.2) is 5.96 Å². The molecule has 0 unspecified atom stereocenters. The van der Waals surface area contributed by atoms with Crippen LogP contribution in [0.4, 0.5) is 0 Å². The van der Waals surface area contributed by atoms with Crippen molar-refractivity contribution in [3.05, 3.63) is 59.7 Å². The van der Waals surface area contributed by atoms with Gasteiger partial charge in [-0.25, -0.2) is 0 Å². The Labute approximate surface area is 413 Å². The molecule has 0 radical (unpaired) electrons. The molecule has 2 aromatic carbocycles. The van der Waals surface area contributed by atoms with Crippen molar-refractivity contribution in [2.24, 2.45) is 28.1 Å². The SMILES string of the molecule is CC(=O)NCC(=O)N[C@@H](CCC(=O)O)C(=O)N[C@@H](CC(=O)O)C(=O)N[C@@H](Cc1ccc(O)cc1)C(=O)N[C@@H](Cc1ccc(O)cc1)C(=O)N[C@@H](CCCN=C(N)N)C(=O)N[C@@H](CC(C)C)C(=O)NCC(N)=O. The number of amides is 9. The maximum atomic E-state index is 14.5. The second-order valence-electron chi connectivity index (χ2n) is 16.9. The van der Waals surface area contributed by atoms with E-state index in [9.17, 15) is 73.2 Å². The lowest BCUT2D eigenvalue weighted by Crippen LogP contribution is -2.60. The molecule has 0 spiro atoms. The lowest BCUT2D eigenvalue weighted by molar-refractivity contribution is -0.141. The van der Waals surface area contributed by atoms with Crippen molar-refractivity contribution < 1.29 is 73.2 Å². The molecule has 27 heteroatoms. The molecule has 0 heterocycles. The van der Waals surface area contributed by atoms with Crippen molar-refractivity contribution in [2.45, 2.75) is 108 Å². The van der Waals surface area contributed by atoms with Crippen LogP contribution in [0.5, 0.6) is 11.5 Å². The van der Waals surface area contributed by atoms with Gasteiger partial charge in [0.1, 0.15) is 47.8 Å². The number of hydrogen-bond acceptors (Lipinski definition) is 14. The number of aromatic hydroxyl groups is 2. The van der Waals surface area contributed by atoms with Crippen LogP contribution in [-0.4, -0.2) is 147 Å². The van der Waals surface area contributed by atoms with Gasteiger partial charge in [0.2, 0.25) is 53.2 Å². The summed E-state index contributed by atoms with van der Waals surface area (Å²) in [7, 11) is 0. The highest BCUT2D eigenvalue weighted by molar-refractivity contribution is 5.98. The first-order chi connectivity index (χ1) is 33.8. The fourth-order valence-electron chi connectivity index (χ4n) is 6.66. The molecular formula is C45H64N12O15. The number of benzene rings is 2. The molecule has 2 aromatic rings. The number of phenols is 2. The van der Waals surface area contributed by atoms with E-state index >= 15 is 0 Å². The third-order valence-electron chi connectivity index (χ3n) is 10.2. The van der Waals surface area contributed by atoms with Crippen LogP contribution >= 0.6 is 0 Å². The first-order valence-corrected chi connectivity index (χ1v) is 22.5. The Bertz CT molecular complexity index is 2270. The summed E-state index contributed by atoms with van der Waals surface area (Å²) in [6.45, 7) is 3.51. The number of rotatable bonds is 31. The Morgan fingerprint density at radius 3 is 1.43 bits per heavy atom. The van der Waals surface area contributed by atoms with Crippen LogP contribution in [0.15, 0.2) is 53.5 Å². The molecule has 0 saturated carbocycles. The summed E-state index contributed by atoms with van der Waals surface area (Å²) in [6, 6.07) is 1.24. The second-order valence-corrected chi connectivity index (χ2v) is 16.9. The minimum atomic E-state index is -1.98. The number of carboxylic acid groups (broad SMARTS) is 2. The Morgan fingerprint density at radius 2 is 0.986 bits per heavy atom. The van der Waals surface area contributed by atoms with Gasteiger partial charge in [-0.1, -0.05) is 38.1 Å². The minimum absolute atomic E-state index is 0.00235. The van der Waals surface area contributed by atoms with Gasteiger partial charge in [-0.15, -0.1) is 0 Å². The van der Waals surface area contributed by atoms with Crippen LogP contribution in [0, 0.1) is 5.92 Å². The van der Waals surface area contributed by atoms with Gasteiger partial charge < -0.3 is 80.2 Å². The Balaban J connectivity index is 2.61. The van der Waals surface area contributed by atoms with E-state index in [0.29, 0.717) is 11.1 Å². The van der Waals surface area contributed by atoms with Crippen LogP contribution in [-0.2, 0) is 65.6 Å². The number of phenolic OH excluding ortho intramolecular Hbond substituents is 2. The average Bonchev–Trinajstić information content (AvgIpc) is 3.29. The van der Waals surface area contributed by atoms with Gasteiger partial charge in [0, 0.05) is 32.7 Å². The van der Waals surface area contributed by atoms with Gasteiger partial charge in [0.25, 0.3) is 0 Å². The maximum Gasteiger partial charge on any atom is 0.305 e. The standard InChI is InChI=1S/C45H64N12O15/c1-23(2)17-31(39(67)51-21-35(46)61)54-40(68)29(5-4-16-49-45(47)48)53-42(70)32(18-25-6-10-27(59)11-7-25)55-43(71)33(19-26-8-12-28(60)13-9-26)56-44(72)34(20-38(65)66)57-41(69)30(14-15-37(63)64)52-36(62)22-50-24(3)58/h6-13,23,29-34,59-60H,4-5,14-22H2,1-3H3,(H2,46,61)(H,50,58)(H,51,67)(H,52,62)(H,53,70)(H,54,68)(H,55,71)(H,56,72)(H,57,69)(H,63,64)(H,65,66)(H4,47,48,49)/t29-,30-,31-,32-,33-,34-/m0/s1. The summed E-state index contributed by atoms with van der Waals surface area (Å²) in [5.41, 5.74) is 16.8. The smallest absolute Gasteiger partial charge is 0.305 e. The molecule has 0 aliphatic heterocycles. The van der Waals surface area contributed by atoms with Crippen LogP contribution < -0.4 is 59.7 Å². The summed E-state index contributed by atoms with van der Waals surface area (Å²) in [5, 5.41) is 58.0. The molecule has 6 atom stereocenters. The predicted molar refractivity (Wildman–Crippen MR) is 255 cm³/mol. The van der Waals surface area contributed by atoms with Gasteiger partial charge in [-0.3, -0.25) is 57.7 Å². The molecule has 0 saturated heterocycles. The Hall–Kier alpha value is -8.52. The number of guanidine groups is 1. The Kier molecular flexibility index (Phi) is 25.0. The molecule has 0 bridgehead atoms. The average molecular weight is 1010 g/mol. The van der Waals surface area contributed by atoms with E-state index in [0.717, 1.165) is 6.92 Å². The lowest BCUT2D eigenvalue weighted by Gasteiger charge is -2.28. The second kappa shape index (κ2) is 30.2. The first kappa shape index (κ1) is 59.6. The van der Waals surface area contributed by atoms with Gasteiger partial charge in [-0.05, 0) is 67.0 Å². The summed E-state index contributed by atoms with van der Waals surface area (Å²) < 4.78 is 0. The molecular weight excluding hydrogens is 949 g/mol. The van der Waals surface area contributed by atoms with Gasteiger partial charge in [0.05, 0.1) is 19.5 Å². The van der Waals surface area contributed by atoms with E-state index in [-0.39, 0.29) is 62.0 Å². The van der Waals surface area contributed by atoms with Crippen LogP contribution in [0.2, 0.25) is 0 Å². The van der Waals surface area contributed by atoms with Crippen molar-refractivity contribution in [1.82, 2.24) is 42.5 Å². The largest absolute Gasteiger partial charge is 0.508 e. The fraction of sp³-hybridized carbons (Fsp3) is 0.467. The summed E-state index contributed by atoms with van der Waals surface area (Å²) in [5.74, 6) is -12.2. The normalized spacial score (nSPS) is 13.2. The van der Waals surface area contributed by atoms with E-state index < -0.39 is 134 Å². The number of carbonyl (C=O) groups is 11. The fourth-order valence-corrected chi connectivity index (χ4v) is 6.66. The number of nitrogens with zero attached hydrogens (tertiary/aromatic N) is 1. The molecule has 0 aromatic heterocycles. The molecule has 0 aliphatic carbocycles. The number of primary amides is 1. The van der Waals surface area contributed by atoms with Crippen LogP contribution in [0.3, 0.4) is 0 Å². The monoisotopic (exact) mass is 1010 g/mol. The zero-order valence-corrected chi connectivity index (χ0v) is 39.9. The van der Waals surface area contributed by atoms with Crippen LogP contribution in [0.25, 0.3) is 0 Å². The number of hydrogen-bond donors (Lipinski definition) is 15. The van der Waals surface area contributed by atoms with E-state index in [4.69, 9.17) is 17.2 Å².